The zero-order valence-corrected chi connectivity index (χ0v) is 9.26. The molecule has 0 unspecified atom stereocenters. The molecule has 17 heavy (non-hydrogen) atoms. The van der Waals surface area contributed by atoms with Crippen molar-refractivity contribution in [3.8, 4) is 5.88 Å². The van der Waals surface area contributed by atoms with E-state index >= 15 is 0 Å². The van der Waals surface area contributed by atoms with Gasteiger partial charge >= 0.3 is 5.56 Å². The highest BCUT2D eigenvalue weighted by molar-refractivity contribution is 5.17. The van der Waals surface area contributed by atoms with E-state index < -0.39 is 0 Å². The molecule has 0 aliphatic carbocycles. The van der Waals surface area contributed by atoms with Crippen molar-refractivity contribution < 1.29 is 9.13 Å². The maximum absolute atomic E-state index is 12.7. The fourth-order valence-electron chi connectivity index (χ4n) is 1.48. The average Bonchev–Trinajstić information content (AvgIpc) is 2.35. The van der Waals surface area contributed by atoms with E-state index in [0.29, 0.717) is 6.54 Å². The Balaban J connectivity index is 2.30. The summed E-state index contributed by atoms with van der Waals surface area (Å²) < 4.78 is 19.0. The molecule has 0 saturated heterocycles. The summed E-state index contributed by atoms with van der Waals surface area (Å²) in [4.78, 5) is 15.6. The molecule has 4 nitrogen and oxygen atoms in total. The highest BCUT2D eigenvalue weighted by Crippen LogP contribution is 2.04. The number of halogens is 1. The number of ether oxygens (including phenoxy) is 1. The topological polar surface area (TPSA) is 44.1 Å². The van der Waals surface area contributed by atoms with E-state index in [2.05, 4.69) is 4.98 Å². The van der Waals surface area contributed by atoms with Gasteiger partial charge in [0.25, 0.3) is 5.88 Å². The fourth-order valence-corrected chi connectivity index (χ4v) is 1.48. The Morgan fingerprint density at radius 2 is 2.06 bits per heavy atom. The Bertz CT molecular complexity index is 563. The summed E-state index contributed by atoms with van der Waals surface area (Å²) in [6, 6.07) is 5.99. The van der Waals surface area contributed by atoms with Gasteiger partial charge in [-0.05, 0) is 17.7 Å². The van der Waals surface area contributed by atoms with E-state index in [9.17, 15) is 9.18 Å². The van der Waals surface area contributed by atoms with Crippen molar-refractivity contribution >= 4 is 0 Å². The molecule has 0 aliphatic heterocycles. The van der Waals surface area contributed by atoms with Gasteiger partial charge in [-0.2, -0.15) is 0 Å². The molecule has 5 heteroatoms. The third-order valence-corrected chi connectivity index (χ3v) is 2.34. The predicted molar refractivity (Wildman–Crippen MR) is 60.6 cm³/mol. The Labute approximate surface area is 97.3 Å². The lowest BCUT2D eigenvalue weighted by Gasteiger charge is -2.06. The zero-order valence-electron chi connectivity index (χ0n) is 9.26. The Hall–Kier alpha value is -2.17. The largest absolute Gasteiger partial charge is 0.477 e. The van der Waals surface area contributed by atoms with Crippen LogP contribution in [0.1, 0.15) is 5.56 Å². The summed E-state index contributed by atoms with van der Waals surface area (Å²) in [5.74, 6) is -0.247. The lowest BCUT2D eigenvalue weighted by molar-refractivity contribution is 0.385. The molecule has 0 radical (unpaired) electrons. The van der Waals surface area contributed by atoms with Crippen molar-refractivity contribution in [2.24, 2.45) is 0 Å². The molecule has 0 saturated carbocycles. The first-order valence-electron chi connectivity index (χ1n) is 5.04. The number of benzene rings is 1. The Morgan fingerprint density at radius 1 is 1.35 bits per heavy atom. The van der Waals surface area contributed by atoms with Crippen molar-refractivity contribution in [2.75, 3.05) is 7.11 Å². The van der Waals surface area contributed by atoms with Crippen LogP contribution >= 0.6 is 0 Å². The van der Waals surface area contributed by atoms with E-state index in [-0.39, 0.29) is 17.3 Å². The van der Waals surface area contributed by atoms with Crippen LogP contribution in [0.25, 0.3) is 0 Å². The van der Waals surface area contributed by atoms with Crippen LogP contribution in [0.3, 0.4) is 0 Å². The molecule has 2 rings (SSSR count). The van der Waals surface area contributed by atoms with E-state index in [1.165, 1.54) is 30.0 Å². The van der Waals surface area contributed by atoms with Gasteiger partial charge < -0.3 is 9.30 Å². The minimum Gasteiger partial charge on any atom is -0.477 e. The summed E-state index contributed by atoms with van der Waals surface area (Å²) in [6.45, 7) is 0.359. The molecule has 0 bridgehead atoms. The quantitative estimate of drug-likeness (QED) is 0.807. The van der Waals surface area contributed by atoms with E-state index in [0.717, 1.165) is 5.56 Å². The second kappa shape index (κ2) is 4.78. The molecule has 1 aromatic carbocycles. The molecule has 1 heterocycles. The van der Waals surface area contributed by atoms with Gasteiger partial charge in [0, 0.05) is 12.4 Å². The number of methoxy groups -OCH3 is 1. The second-order valence-corrected chi connectivity index (χ2v) is 3.50. The molecule has 0 N–H and O–H groups in total. The van der Waals surface area contributed by atoms with Crippen molar-refractivity contribution in [2.45, 2.75) is 6.54 Å². The molecule has 0 spiro atoms. The van der Waals surface area contributed by atoms with Gasteiger partial charge in [0.1, 0.15) is 5.82 Å². The second-order valence-electron chi connectivity index (χ2n) is 3.50. The summed E-state index contributed by atoms with van der Waals surface area (Å²) >= 11 is 0. The fraction of sp³-hybridized carbons (Fsp3) is 0.167. The van der Waals surface area contributed by atoms with Gasteiger partial charge in [-0.3, -0.25) is 4.79 Å². The van der Waals surface area contributed by atoms with Crippen LogP contribution in [0.15, 0.2) is 41.5 Å². The first kappa shape index (κ1) is 11.3. The summed E-state index contributed by atoms with van der Waals surface area (Å²) in [6.07, 6.45) is 3.05. The molecular formula is C12H11FN2O2. The van der Waals surface area contributed by atoms with Gasteiger partial charge in [-0.1, -0.05) is 12.1 Å². The number of aromatic nitrogens is 2. The van der Waals surface area contributed by atoms with Crippen LogP contribution in [0, 0.1) is 5.82 Å². The predicted octanol–water partition coefficient (Wildman–Crippen LogP) is 1.44. The molecular weight excluding hydrogens is 223 g/mol. The number of rotatable bonds is 3. The zero-order chi connectivity index (χ0) is 12.3. The van der Waals surface area contributed by atoms with Crippen LogP contribution in [0.2, 0.25) is 0 Å². The minimum absolute atomic E-state index is 0.0506. The summed E-state index contributed by atoms with van der Waals surface area (Å²) in [5.41, 5.74) is 0.529. The number of hydrogen-bond donors (Lipinski definition) is 0. The highest BCUT2D eigenvalue weighted by Gasteiger charge is 2.04. The van der Waals surface area contributed by atoms with Gasteiger partial charge in [0.15, 0.2) is 0 Å². The number of hydrogen-bond acceptors (Lipinski definition) is 3. The summed E-state index contributed by atoms with van der Waals surface area (Å²) in [7, 11) is 1.39. The normalized spacial score (nSPS) is 10.2. The maximum atomic E-state index is 12.7. The molecule has 0 fully saturated rings. The van der Waals surface area contributed by atoms with Crippen LogP contribution in [-0.2, 0) is 6.54 Å². The molecule has 2 aromatic rings. The Kier molecular flexibility index (Phi) is 3.18. The first-order valence-corrected chi connectivity index (χ1v) is 5.04. The molecule has 0 atom stereocenters. The Morgan fingerprint density at radius 3 is 2.71 bits per heavy atom. The molecule has 0 amide bonds. The molecule has 88 valence electrons. The van der Waals surface area contributed by atoms with Crippen molar-refractivity contribution in [1.82, 2.24) is 9.55 Å². The van der Waals surface area contributed by atoms with Crippen molar-refractivity contribution in [3.05, 3.63) is 58.4 Å². The van der Waals surface area contributed by atoms with Gasteiger partial charge in [-0.25, -0.2) is 9.37 Å². The van der Waals surface area contributed by atoms with Crippen LogP contribution < -0.4 is 10.3 Å². The SMILES string of the molecule is COc1nccn(Cc2ccc(F)cc2)c1=O. The van der Waals surface area contributed by atoms with Crippen LogP contribution in [0.4, 0.5) is 4.39 Å². The monoisotopic (exact) mass is 234 g/mol. The number of nitrogens with zero attached hydrogens (tertiary/aromatic N) is 2. The highest BCUT2D eigenvalue weighted by atomic mass is 19.1. The van der Waals surface area contributed by atoms with Crippen LogP contribution in [-0.4, -0.2) is 16.7 Å². The van der Waals surface area contributed by atoms with Gasteiger partial charge in [-0.15, -0.1) is 0 Å². The average molecular weight is 234 g/mol. The third kappa shape index (κ3) is 2.50. The van der Waals surface area contributed by atoms with E-state index in [1.807, 2.05) is 0 Å². The van der Waals surface area contributed by atoms with E-state index in [4.69, 9.17) is 4.74 Å². The third-order valence-electron chi connectivity index (χ3n) is 2.34. The van der Waals surface area contributed by atoms with Crippen molar-refractivity contribution in [1.29, 1.82) is 0 Å². The van der Waals surface area contributed by atoms with Gasteiger partial charge in [0.05, 0.1) is 13.7 Å². The first-order chi connectivity index (χ1) is 8.20. The summed E-state index contributed by atoms with van der Waals surface area (Å²) in [5, 5.41) is 0. The maximum Gasteiger partial charge on any atom is 0.313 e. The van der Waals surface area contributed by atoms with Gasteiger partial charge in [0.2, 0.25) is 0 Å². The lowest BCUT2D eigenvalue weighted by Crippen LogP contribution is -2.22. The van der Waals surface area contributed by atoms with Crippen molar-refractivity contribution in [3.63, 3.8) is 0 Å². The van der Waals surface area contributed by atoms with Crippen LogP contribution in [0.5, 0.6) is 5.88 Å². The van der Waals surface area contributed by atoms with E-state index in [1.54, 1.807) is 18.3 Å². The molecule has 1 aromatic heterocycles. The molecule has 0 aliphatic rings. The minimum atomic E-state index is -0.306. The standard InChI is InChI=1S/C12H11FN2O2/c1-17-11-12(16)15(7-6-14-11)8-9-2-4-10(13)5-3-9/h2-7H,8H2,1H3. The lowest BCUT2D eigenvalue weighted by atomic mass is 10.2. The smallest absolute Gasteiger partial charge is 0.313 e.